The highest BCUT2D eigenvalue weighted by Crippen LogP contribution is 2.22. The molecule has 0 heterocycles. The molecule has 90 valence electrons. The van der Waals surface area contributed by atoms with E-state index in [1.54, 1.807) is 0 Å². The van der Waals surface area contributed by atoms with E-state index in [1.807, 2.05) is 6.07 Å². The van der Waals surface area contributed by atoms with Crippen molar-refractivity contribution in [3.8, 4) is 0 Å². The maximum absolute atomic E-state index is 11.4. The van der Waals surface area contributed by atoms with Crippen LogP contribution in [0.2, 0.25) is 0 Å². The average Bonchev–Trinajstić information content (AvgIpc) is 2.27. The Morgan fingerprint density at radius 1 is 1.18 bits per heavy atom. The first kappa shape index (κ1) is 11.6. The SMILES string of the molecule is NC(=O)NC(=O)Cc1ccc2c(c1)CCCC2. The lowest BCUT2D eigenvalue weighted by molar-refractivity contribution is -0.119. The molecule has 3 amide bonds. The summed E-state index contributed by atoms with van der Waals surface area (Å²) in [5.74, 6) is -0.353. The summed E-state index contributed by atoms with van der Waals surface area (Å²) >= 11 is 0. The quantitative estimate of drug-likeness (QED) is 0.806. The molecule has 1 aromatic rings. The lowest BCUT2D eigenvalue weighted by atomic mass is 9.90. The summed E-state index contributed by atoms with van der Waals surface area (Å²) in [6, 6.07) is 5.30. The number of nitrogens with two attached hydrogens (primary N) is 1. The van der Waals surface area contributed by atoms with Gasteiger partial charge in [0.25, 0.3) is 0 Å². The van der Waals surface area contributed by atoms with E-state index in [0.717, 1.165) is 18.4 Å². The van der Waals surface area contributed by atoms with Crippen molar-refractivity contribution in [2.45, 2.75) is 32.1 Å². The third kappa shape index (κ3) is 3.06. The maximum Gasteiger partial charge on any atom is 0.318 e. The van der Waals surface area contributed by atoms with Crippen molar-refractivity contribution in [2.24, 2.45) is 5.73 Å². The first-order valence-electron chi connectivity index (χ1n) is 5.85. The van der Waals surface area contributed by atoms with Gasteiger partial charge in [-0.3, -0.25) is 10.1 Å². The van der Waals surface area contributed by atoms with Crippen molar-refractivity contribution in [3.05, 3.63) is 34.9 Å². The molecule has 0 aliphatic heterocycles. The molecule has 0 fully saturated rings. The average molecular weight is 232 g/mol. The predicted molar refractivity (Wildman–Crippen MR) is 64.5 cm³/mol. The maximum atomic E-state index is 11.4. The van der Waals surface area contributed by atoms with Gasteiger partial charge >= 0.3 is 6.03 Å². The van der Waals surface area contributed by atoms with Crippen LogP contribution < -0.4 is 11.1 Å². The molecule has 0 radical (unpaired) electrons. The summed E-state index contributed by atoms with van der Waals surface area (Å²) in [5.41, 5.74) is 8.54. The number of rotatable bonds is 2. The van der Waals surface area contributed by atoms with Gasteiger partial charge in [-0.05, 0) is 42.4 Å². The van der Waals surface area contributed by atoms with Gasteiger partial charge in [-0.1, -0.05) is 18.2 Å². The van der Waals surface area contributed by atoms with Crippen molar-refractivity contribution < 1.29 is 9.59 Å². The highest BCUT2D eigenvalue weighted by atomic mass is 16.2. The van der Waals surface area contributed by atoms with Crippen LogP contribution in [0.25, 0.3) is 0 Å². The van der Waals surface area contributed by atoms with E-state index in [4.69, 9.17) is 5.73 Å². The monoisotopic (exact) mass is 232 g/mol. The zero-order chi connectivity index (χ0) is 12.3. The summed E-state index contributed by atoms with van der Waals surface area (Å²) in [5, 5.41) is 2.07. The van der Waals surface area contributed by atoms with E-state index in [2.05, 4.69) is 17.4 Å². The predicted octanol–water partition coefficient (Wildman–Crippen LogP) is 1.30. The van der Waals surface area contributed by atoms with Crippen LogP contribution in [-0.2, 0) is 24.1 Å². The van der Waals surface area contributed by atoms with Crippen molar-refractivity contribution in [1.29, 1.82) is 0 Å². The van der Waals surface area contributed by atoms with Crippen LogP contribution in [0.1, 0.15) is 29.5 Å². The van der Waals surface area contributed by atoms with Gasteiger partial charge in [0.05, 0.1) is 6.42 Å². The Kier molecular flexibility index (Phi) is 3.42. The highest BCUT2D eigenvalue weighted by Gasteiger charge is 2.11. The Morgan fingerprint density at radius 2 is 1.88 bits per heavy atom. The minimum Gasteiger partial charge on any atom is -0.351 e. The van der Waals surface area contributed by atoms with Crippen LogP contribution in [0.4, 0.5) is 4.79 Å². The fourth-order valence-electron chi connectivity index (χ4n) is 2.26. The number of imide groups is 1. The van der Waals surface area contributed by atoms with Crippen LogP contribution >= 0.6 is 0 Å². The number of urea groups is 1. The number of hydrogen-bond acceptors (Lipinski definition) is 2. The van der Waals surface area contributed by atoms with E-state index < -0.39 is 6.03 Å². The van der Waals surface area contributed by atoms with Gasteiger partial charge in [0.15, 0.2) is 0 Å². The molecule has 17 heavy (non-hydrogen) atoms. The Labute approximate surface area is 100 Å². The van der Waals surface area contributed by atoms with Crippen LogP contribution in [0.3, 0.4) is 0 Å². The highest BCUT2D eigenvalue weighted by molar-refractivity contribution is 5.94. The van der Waals surface area contributed by atoms with E-state index in [9.17, 15) is 9.59 Å². The number of nitrogens with one attached hydrogen (secondary N) is 1. The number of carbonyl (C=O) groups is 2. The molecule has 0 unspecified atom stereocenters. The molecule has 1 aliphatic rings. The molecule has 4 heteroatoms. The molecule has 0 spiro atoms. The molecular weight excluding hydrogens is 216 g/mol. The molecule has 0 bridgehead atoms. The standard InChI is InChI=1S/C13H16N2O2/c14-13(17)15-12(16)8-9-5-6-10-3-1-2-4-11(10)7-9/h5-7H,1-4,8H2,(H3,14,15,16,17). The Hall–Kier alpha value is -1.84. The fourth-order valence-corrected chi connectivity index (χ4v) is 2.26. The Bertz CT molecular complexity index is 455. The fraction of sp³-hybridized carbons (Fsp3) is 0.385. The van der Waals surface area contributed by atoms with Crippen molar-refractivity contribution in [2.75, 3.05) is 0 Å². The lowest BCUT2D eigenvalue weighted by Gasteiger charge is -2.16. The number of fused-ring (bicyclic) bond motifs is 1. The minimum absolute atomic E-state index is 0.205. The van der Waals surface area contributed by atoms with Gasteiger partial charge in [0.2, 0.25) is 5.91 Å². The normalized spacial score (nSPS) is 13.9. The van der Waals surface area contributed by atoms with Crippen molar-refractivity contribution in [3.63, 3.8) is 0 Å². The molecule has 0 aromatic heterocycles. The molecule has 0 saturated carbocycles. The van der Waals surface area contributed by atoms with Crippen LogP contribution in [0.15, 0.2) is 18.2 Å². The summed E-state index contributed by atoms with van der Waals surface area (Å²) in [7, 11) is 0. The van der Waals surface area contributed by atoms with E-state index in [0.29, 0.717) is 0 Å². The van der Waals surface area contributed by atoms with Crippen molar-refractivity contribution >= 4 is 11.9 Å². The molecule has 2 rings (SSSR count). The second-order valence-electron chi connectivity index (χ2n) is 4.40. The third-order valence-corrected chi connectivity index (χ3v) is 3.04. The minimum atomic E-state index is -0.798. The van der Waals surface area contributed by atoms with E-state index >= 15 is 0 Å². The van der Waals surface area contributed by atoms with Crippen molar-refractivity contribution in [1.82, 2.24) is 5.32 Å². The van der Waals surface area contributed by atoms with Gasteiger partial charge < -0.3 is 5.73 Å². The summed E-state index contributed by atoms with van der Waals surface area (Å²) in [4.78, 5) is 21.9. The first-order chi connectivity index (χ1) is 8.15. The largest absolute Gasteiger partial charge is 0.351 e. The van der Waals surface area contributed by atoms with Gasteiger partial charge in [-0.15, -0.1) is 0 Å². The van der Waals surface area contributed by atoms with Gasteiger partial charge in [-0.25, -0.2) is 4.79 Å². The van der Waals surface area contributed by atoms with Crippen LogP contribution in [0.5, 0.6) is 0 Å². The van der Waals surface area contributed by atoms with Crippen LogP contribution in [0, 0.1) is 0 Å². The summed E-state index contributed by atoms with van der Waals surface area (Å²) in [6.45, 7) is 0. The second kappa shape index (κ2) is 4.99. The van der Waals surface area contributed by atoms with Gasteiger partial charge in [0.1, 0.15) is 0 Å². The Morgan fingerprint density at radius 3 is 2.59 bits per heavy atom. The van der Waals surface area contributed by atoms with Crippen LogP contribution in [-0.4, -0.2) is 11.9 Å². The molecule has 0 saturated heterocycles. The van der Waals surface area contributed by atoms with Gasteiger partial charge in [0, 0.05) is 0 Å². The van der Waals surface area contributed by atoms with E-state index in [-0.39, 0.29) is 12.3 Å². The second-order valence-corrected chi connectivity index (χ2v) is 4.40. The lowest BCUT2D eigenvalue weighted by Crippen LogP contribution is -2.35. The molecule has 1 aliphatic carbocycles. The number of carbonyl (C=O) groups excluding carboxylic acids is 2. The van der Waals surface area contributed by atoms with E-state index in [1.165, 1.54) is 24.0 Å². The Balaban J connectivity index is 2.07. The summed E-state index contributed by atoms with van der Waals surface area (Å²) in [6.07, 6.45) is 4.87. The number of benzene rings is 1. The topological polar surface area (TPSA) is 72.2 Å². The zero-order valence-corrected chi connectivity index (χ0v) is 9.66. The first-order valence-corrected chi connectivity index (χ1v) is 5.85. The smallest absolute Gasteiger partial charge is 0.318 e. The number of primary amides is 1. The van der Waals surface area contributed by atoms with Gasteiger partial charge in [-0.2, -0.15) is 0 Å². The molecule has 0 atom stereocenters. The summed E-state index contributed by atoms with van der Waals surface area (Å²) < 4.78 is 0. The zero-order valence-electron chi connectivity index (χ0n) is 9.66. The number of amides is 3. The molecule has 1 aromatic carbocycles. The molecule has 4 nitrogen and oxygen atoms in total. The third-order valence-electron chi connectivity index (χ3n) is 3.04. The number of aryl methyl sites for hydroxylation is 2. The number of hydrogen-bond donors (Lipinski definition) is 2. The molecular formula is C13H16N2O2. The molecule has 3 N–H and O–H groups in total.